The number of benzene rings is 3. The van der Waals surface area contributed by atoms with Gasteiger partial charge in [-0.15, -0.1) is 12.4 Å². The van der Waals surface area contributed by atoms with E-state index in [4.69, 9.17) is 10.5 Å². The highest BCUT2D eigenvalue weighted by Crippen LogP contribution is 2.36. The van der Waals surface area contributed by atoms with Gasteiger partial charge < -0.3 is 25.6 Å². The second-order valence-electron chi connectivity index (χ2n) is 7.03. The Hall–Kier alpha value is -3.22. The molecule has 1 aliphatic heterocycles. The molecule has 0 aliphatic carbocycles. The molecule has 4 N–H and O–H groups in total. The third kappa shape index (κ3) is 4.20. The number of aromatic hydroxyl groups is 2. The number of fused-ring (bicyclic) bond motifs is 1. The number of nitrogens with two attached hydrogens (primary N) is 1. The minimum absolute atomic E-state index is 0. The van der Waals surface area contributed by atoms with Crippen LogP contribution in [0.5, 0.6) is 17.2 Å². The maximum Gasteiger partial charge on any atom is 0.262 e. The number of carbonyl (C=O) groups is 1. The van der Waals surface area contributed by atoms with E-state index in [1.807, 2.05) is 48.5 Å². The first-order valence-electron chi connectivity index (χ1n) is 9.38. The zero-order valence-corrected chi connectivity index (χ0v) is 17.1. The number of phenols is 2. The van der Waals surface area contributed by atoms with Gasteiger partial charge in [0.05, 0.1) is 0 Å². The average molecular weight is 427 g/mol. The van der Waals surface area contributed by atoms with Crippen LogP contribution in [0, 0.1) is 0 Å². The lowest BCUT2D eigenvalue weighted by molar-refractivity contribution is 0.0743. The van der Waals surface area contributed by atoms with E-state index in [9.17, 15) is 15.0 Å². The average Bonchev–Trinajstić information content (AvgIpc) is 3.16. The molecule has 0 atom stereocenters. The maximum absolute atomic E-state index is 13.3. The largest absolute Gasteiger partial charge is 0.508 e. The monoisotopic (exact) mass is 426 g/mol. The normalized spacial score (nSPS) is 12.2. The standard InChI is InChI=1S/C23H22N2O4.ClH/c24-11-16-7-4-8-17-12-25(13-19(16)17)23(28)22-20(27)9-18(26)10-21(22)29-14-15-5-2-1-3-6-15;/h1-10,26-27H,11-14,24H2;1H. The molecule has 7 heteroatoms. The van der Waals surface area contributed by atoms with Crippen LogP contribution in [-0.4, -0.2) is 21.0 Å². The van der Waals surface area contributed by atoms with Crippen molar-refractivity contribution in [3.05, 3.63) is 88.5 Å². The van der Waals surface area contributed by atoms with E-state index in [0.717, 1.165) is 28.3 Å². The van der Waals surface area contributed by atoms with Crippen LogP contribution in [0.15, 0.2) is 60.7 Å². The molecule has 0 bridgehead atoms. The van der Waals surface area contributed by atoms with Crippen LogP contribution in [0.4, 0.5) is 0 Å². The Labute approximate surface area is 180 Å². The van der Waals surface area contributed by atoms with Crippen molar-refractivity contribution in [2.24, 2.45) is 5.73 Å². The quantitative estimate of drug-likeness (QED) is 0.578. The Bertz CT molecular complexity index is 1060. The van der Waals surface area contributed by atoms with Gasteiger partial charge in [0.25, 0.3) is 5.91 Å². The molecule has 30 heavy (non-hydrogen) atoms. The number of halogens is 1. The Kier molecular flexibility index (Phi) is 6.50. The van der Waals surface area contributed by atoms with E-state index < -0.39 is 0 Å². The molecule has 1 aliphatic rings. The van der Waals surface area contributed by atoms with Crippen LogP contribution < -0.4 is 10.5 Å². The van der Waals surface area contributed by atoms with Gasteiger partial charge in [0, 0.05) is 31.8 Å². The van der Waals surface area contributed by atoms with Gasteiger partial charge in [0.2, 0.25) is 0 Å². The van der Waals surface area contributed by atoms with Crippen molar-refractivity contribution in [1.82, 2.24) is 4.90 Å². The highest BCUT2D eigenvalue weighted by atomic mass is 35.5. The first-order chi connectivity index (χ1) is 14.1. The molecule has 0 spiro atoms. The van der Waals surface area contributed by atoms with Gasteiger partial charge >= 0.3 is 0 Å². The van der Waals surface area contributed by atoms with E-state index in [-0.39, 0.29) is 47.7 Å². The lowest BCUT2D eigenvalue weighted by Gasteiger charge is -2.19. The number of amides is 1. The summed E-state index contributed by atoms with van der Waals surface area (Å²) < 4.78 is 5.80. The summed E-state index contributed by atoms with van der Waals surface area (Å²) in [6.45, 7) is 1.46. The van der Waals surface area contributed by atoms with Gasteiger partial charge in [-0.25, -0.2) is 0 Å². The van der Waals surface area contributed by atoms with Gasteiger partial charge in [0.15, 0.2) is 0 Å². The van der Waals surface area contributed by atoms with Crippen molar-refractivity contribution in [3.63, 3.8) is 0 Å². The molecule has 1 heterocycles. The van der Waals surface area contributed by atoms with Crippen molar-refractivity contribution in [2.45, 2.75) is 26.2 Å². The summed E-state index contributed by atoms with van der Waals surface area (Å²) in [5.74, 6) is -0.693. The van der Waals surface area contributed by atoms with Crippen molar-refractivity contribution >= 4 is 18.3 Å². The Morgan fingerprint density at radius 2 is 1.80 bits per heavy atom. The highest BCUT2D eigenvalue weighted by Gasteiger charge is 2.30. The molecule has 0 aromatic heterocycles. The molecule has 0 unspecified atom stereocenters. The summed E-state index contributed by atoms with van der Waals surface area (Å²) in [4.78, 5) is 14.9. The molecule has 4 rings (SSSR count). The predicted octanol–water partition coefficient (Wildman–Crippen LogP) is 3.71. The molecule has 3 aromatic rings. The summed E-state index contributed by atoms with van der Waals surface area (Å²) in [5, 5.41) is 20.3. The highest BCUT2D eigenvalue weighted by molar-refractivity contribution is 6.00. The van der Waals surface area contributed by atoms with Crippen LogP contribution in [0.3, 0.4) is 0 Å². The minimum Gasteiger partial charge on any atom is -0.508 e. The van der Waals surface area contributed by atoms with Crippen LogP contribution in [0.2, 0.25) is 0 Å². The number of nitrogens with zero attached hydrogens (tertiary/aromatic N) is 1. The van der Waals surface area contributed by atoms with E-state index >= 15 is 0 Å². The zero-order chi connectivity index (χ0) is 20.4. The number of rotatable bonds is 5. The topological polar surface area (TPSA) is 96.0 Å². The Morgan fingerprint density at radius 3 is 2.53 bits per heavy atom. The molecule has 1 amide bonds. The van der Waals surface area contributed by atoms with E-state index in [0.29, 0.717) is 19.6 Å². The summed E-state index contributed by atoms with van der Waals surface area (Å²) in [6, 6.07) is 17.8. The van der Waals surface area contributed by atoms with Crippen LogP contribution in [-0.2, 0) is 26.2 Å². The lowest BCUT2D eigenvalue weighted by Crippen LogP contribution is -2.26. The molecule has 156 valence electrons. The fourth-order valence-electron chi connectivity index (χ4n) is 3.64. The molecular weight excluding hydrogens is 404 g/mol. The van der Waals surface area contributed by atoms with Crippen molar-refractivity contribution in [3.8, 4) is 17.2 Å². The predicted molar refractivity (Wildman–Crippen MR) is 116 cm³/mol. The van der Waals surface area contributed by atoms with E-state index in [1.54, 1.807) is 4.90 Å². The van der Waals surface area contributed by atoms with Gasteiger partial charge in [-0.3, -0.25) is 4.79 Å². The van der Waals surface area contributed by atoms with Gasteiger partial charge in [-0.1, -0.05) is 48.5 Å². The maximum atomic E-state index is 13.3. The summed E-state index contributed by atoms with van der Waals surface area (Å²) >= 11 is 0. The Morgan fingerprint density at radius 1 is 1.03 bits per heavy atom. The van der Waals surface area contributed by atoms with Gasteiger partial charge in [0.1, 0.15) is 29.4 Å². The zero-order valence-electron chi connectivity index (χ0n) is 16.2. The first-order valence-corrected chi connectivity index (χ1v) is 9.38. The van der Waals surface area contributed by atoms with Crippen molar-refractivity contribution in [1.29, 1.82) is 0 Å². The van der Waals surface area contributed by atoms with Crippen molar-refractivity contribution < 1.29 is 19.7 Å². The van der Waals surface area contributed by atoms with Crippen LogP contribution in [0.1, 0.15) is 32.6 Å². The second kappa shape index (κ2) is 9.07. The van der Waals surface area contributed by atoms with Crippen LogP contribution >= 0.6 is 12.4 Å². The van der Waals surface area contributed by atoms with E-state index in [1.165, 1.54) is 6.07 Å². The van der Waals surface area contributed by atoms with Gasteiger partial charge in [-0.05, 0) is 22.3 Å². The fourth-order valence-corrected chi connectivity index (χ4v) is 3.64. The molecule has 0 radical (unpaired) electrons. The second-order valence-corrected chi connectivity index (χ2v) is 7.03. The van der Waals surface area contributed by atoms with Crippen molar-refractivity contribution in [2.75, 3.05) is 0 Å². The summed E-state index contributed by atoms with van der Waals surface area (Å²) in [5.41, 5.74) is 9.88. The summed E-state index contributed by atoms with van der Waals surface area (Å²) in [6.07, 6.45) is 0. The number of hydrogen-bond acceptors (Lipinski definition) is 5. The number of hydrogen-bond donors (Lipinski definition) is 3. The number of phenolic OH excluding ortho intramolecular Hbond substituents is 2. The molecule has 0 fully saturated rings. The Balaban J connectivity index is 0.00000256. The lowest BCUT2D eigenvalue weighted by atomic mass is 10.0. The molecule has 0 saturated heterocycles. The molecule has 6 nitrogen and oxygen atoms in total. The molecule has 0 saturated carbocycles. The van der Waals surface area contributed by atoms with Gasteiger partial charge in [-0.2, -0.15) is 0 Å². The van der Waals surface area contributed by atoms with E-state index in [2.05, 4.69) is 0 Å². The first kappa shape index (κ1) is 21.5. The smallest absolute Gasteiger partial charge is 0.262 e. The molecular formula is C23H23ClN2O4. The SMILES string of the molecule is Cl.NCc1cccc2c1CN(C(=O)c1c(O)cc(O)cc1OCc1ccccc1)C2. The number of carbonyl (C=O) groups excluding carboxylic acids is 1. The molecule has 3 aromatic carbocycles. The number of ether oxygens (including phenoxy) is 1. The van der Waals surface area contributed by atoms with Crippen LogP contribution in [0.25, 0.3) is 0 Å². The third-order valence-electron chi connectivity index (χ3n) is 5.10. The summed E-state index contributed by atoms with van der Waals surface area (Å²) in [7, 11) is 0. The fraction of sp³-hybridized carbons (Fsp3) is 0.174. The minimum atomic E-state index is -0.357. The third-order valence-corrected chi connectivity index (χ3v) is 5.10.